The number of hydrogen-bond acceptors (Lipinski definition) is 2. The number of halogens is 7. The highest BCUT2D eigenvalue weighted by molar-refractivity contribution is 14.1. The molecule has 2 aliphatic rings. The number of aromatic nitrogens is 1. The van der Waals surface area contributed by atoms with Crippen molar-refractivity contribution < 1.29 is 26.3 Å². The van der Waals surface area contributed by atoms with Crippen molar-refractivity contribution in [3.63, 3.8) is 0 Å². The lowest BCUT2D eigenvalue weighted by molar-refractivity contribution is -0.360. The van der Waals surface area contributed by atoms with Crippen LogP contribution >= 0.6 is 45.2 Å². The van der Waals surface area contributed by atoms with Gasteiger partial charge in [-0.05, 0) is 147 Å². The van der Waals surface area contributed by atoms with Crippen molar-refractivity contribution in [2.45, 2.75) is 0 Å². The van der Waals surface area contributed by atoms with E-state index in [1.807, 2.05) is 215 Å². The second kappa shape index (κ2) is 18.5. The van der Waals surface area contributed by atoms with Gasteiger partial charge in [0.2, 0.25) is 0 Å². The van der Waals surface area contributed by atoms with E-state index in [0.717, 1.165) is 54.2 Å². The topological polar surface area (TPSA) is 14.4 Å². The highest BCUT2D eigenvalue weighted by Gasteiger charge is 2.56. The van der Waals surface area contributed by atoms with Gasteiger partial charge in [0, 0.05) is 73.4 Å². The molecule has 4 nitrogen and oxygen atoms in total. The number of rotatable bonds is 11. The van der Waals surface area contributed by atoms with E-state index < -0.39 is 30.0 Å². The average Bonchev–Trinajstić information content (AvgIpc) is 3.87. The molecule has 3 heterocycles. The SMILES string of the molecule is Fc1cc(F)c(C2=C3C=C(I)C(C=Cc4ccc(N(c5ccccc5)c5ccccc5)cc4)=[N+]3[B-](F)(F)n3c2cc(I)c3C=Cc2ccc(N(c3ccccc3)c3ccccc3)cc2)c(F)c1. The molecule has 2 aliphatic heterocycles. The minimum atomic E-state index is -4.69. The van der Waals surface area contributed by atoms with Crippen molar-refractivity contribution >= 4 is 116 Å². The largest absolute Gasteiger partial charge is 0.737 e. The van der Waals surface area contributed by atoms with Gasteiger partial charge in [-0.25, -0.2) is 13.2 Å². The zero-order valence-electron chi connectivity index (χ0n) is 35.3. The molecule has 67 heavy (non-hydrogen) atoms. The first kappa shape index (κ1) is 44.1. The van der Waals surface area contributed by atoms with Crippen LogP contribution in [0.25, 0.3) is 23.8 Å². The number of allylic oxidation sites excluding steroid dienone is 3. The maximum absolute atomic E-state index is 17.7. The van der Waals surface area contributed by atoms with E-state index in [9.17, 15) is 4.39 Å². The van der Waals surface area contributed by atoms with Crippen LogP contribution in [0.2, 0.25) is 0 Å². The summed E-state index contributed by atoms with van der Waals surface area (Å²) in [7, 11) is 0. The molecule has 0 atom stereocenters. The molecular formula is C55H36BF5I2N4. The Hall–Kier alpha value is -6.78. The van der Waals surface area contributed by atoms with Gasteiger partial charge in [-0.3, -0.25) is 0 Å². The lowest BCUT2D eigenvalue weighted by Gasteiger charge is -2.33. The summed E-state index contributed by atoms with van der Waals surface area (Å²) in [4.78, 5) is 4.24. The van der Waals surface area contributed by atoms with Crippen LogP contribution in [-0.2, 0) is 0 Å². The smallest absolute Gasteiger partial charge is 0.389 e. The van der Waals surface area contributed by atoms with Gasteiger partial charge in [0.1, 0.15) is 17.5 Å². The first-order valence-electron chi connectivity index (χ1n) is 21.3. The fourth-order valence-electron chi connectivity index (χ4n) is 8.70. The maximum Gasteiger partial charge on any atom is 0.737 e. The Morgan fingerprint density at radius 3 is 1.33 bits per heavy atom. The van der Waals surface area contributed by atoms with Crippen LogP contribution in [-0.4, -0.2) is 21.6 Å². The van der Waals surface area contributed by atoms with E-state index in [1.54, 1.807) is 24.3 Å². The number of nitrogens with zero attached hydrogens (tertiary/aromatic N) is 4. The molecule has 0 radical (unpaired) electrons. The Kier molecular flexibility index (Phi) is 12.2. The zero-order valence-corrected chi connectivity index (χ0v) is 39.6. The van der Waals surface area contributed by atoms with E-state index >= 15 is 17.4 Å². The highest BCUT2D eigenvalue weighted by atomic mass is 127. The summed E-state index contributed by atoms with van der Waals surface area (Å²) in [5, 5.41) is 0. The fraction of sp³-hybridized carbons (Fsp3) is 0. The third-order valence-electron chi connectivity index (χ3n) is 11.7. The second-order valence-electron chi connectivity index (χ2n) is 15.8. The predicted molar refractivity (Wildman–Crippen MR) is 280 cm³/mol. The van der Waals surface area contributed by atoms with Gasteiger partial charge in [0.15, 0.2) is 11.4 Å². The van der Waals surface area contributed by atoms with E-state index in [-0.39, 0.29) is 28.4 Å². The molecule has 0 saturated carbocycles. The number of benzene rings is 7. The van der Waals surface area contributed by atoms with Gasteiger partial charge >= 0.3 is 6.97 Å². The summed E-state index contributed by atoms with van der Waals surface area (Å²) in [5.41, 5.74) is 6.53. The van der Waals surface area contributed by atoms with Gasteiger partial charge < -0.3 is 27.4 Å². The summed E-state index contributed by atoms with van der Waals surface area (Å²) in [6.45, 7) is -4.69. The van der Waals surface area contributed by atoms with E-state index in [4.69, 9.17) is 0 Å². The second-order valence-corrected chi connectivity index (χ2v) is 18.2. The molecule has 0 N–H and O–H groups in total. The van der Waals surface area contributed by atoms with Crippen molar-refractivity contribution in [2.24, 2.45) is 0 Å². The molecule has 0 unspecified atom stereocenters. The number of hydrogen-bond donors (Lipinski definition) is 0. The van der Waals surface area contributed by atoms with Crippen molar-refractivity contribution in [3.05, 3.63) is 259 Å². The third-order valence-corrected chi connectivity index (χ3v) is 13.4. The summed E-state index contributed by atoms with van der Waals surface area (Å²) in [5.74, 6) is -3.52. The van der Waals surface area contributed by atoms with Crippen molar-refractivity contribution in [1.29, 1.82) is 0 Å². The summed E-state index contributed by atoms with van der Waals surface area (Å²) in [6.07, 6.45) is 8.18. The Labute approximate surface area is 412 Å². The molecule has 0 fully saturated rings. The van der Waals surface area contributed by atoms with E-state index in [2.05, 4.69) is 9.80 Å². The average molecular weight is 1110 g/mol. The fourth-order valence-corrected chi connectivity index (χ4v) is 10.2. The standard InChI is InChI=1S/C55H36BF5I2N4/c57-39-33-46(58)54(47(59)34-39)55-52-35-48(62)50(31-25-37-21-27-44(28-22-37)64(40-13-5-1-6-14-40)41-15-7-2-8-16-41)66(52)56(60,61)67-51(49(63)36-53(55)67)32-26-38-23-29-45(30-24-38)65(42-17-9-3-10-18-42)43-19-11-4-12-20-43/h1-36H. The molecule has 0 aliphatic carbocycles. The first-order chi connectivity index (χ1) is 32.6. The highest BCUT2D eigenvalue weighted by Crippen LogP contribution is 2.46. The third kappa shape index (κ3) is 8.48. The van der Waals surface area contributed by atoms with Gasteiger partial charge in [0.25, 0.3) is 0 Å². The Bertz CT molecular complexity index is 3200. The van der Waals surface area contributed by atoms with Crippen molar-refractivity contribution in [1.82, 2.24) is 4.48 Å². The van der Waals surface area contributed by atoms with Gasteiger partial charge in [-0.15, -0.1) is 0 Å². The molecule has 8 aromatic rings. The van der Waals surface area contributed by atoms with Crippen LogP contribution in [0.5, 0.6) is 0 Å². The van der Waals surface area contributed by atoms with Crippen molar-refractivity contribution in [3.8, 4) is 0 Å². The van der Waals surface area contributed by atoms with Crippen LogP contribution in [0.3, 0.4) is 0 Å². The number of para-hydroxylation sites is 4. The van der Waals surface area contributed by atoms with Crippen LogP contribution in [0.15, 0.2) is 209 Å². The molecule has 0 saturated heterocycles. The Morgan fingerprint density at radius 2 is 0.896 bits per heavy atom. The van der Waals surface area contributed by atoms with Gasteiger partial charge in [0.05, 0.1) is 14.7 Å². The molecule has 10 rings (SSSR count). The predicted octanol–water partition coefficient (Wildman–Crippen LogP) is 16.1. The number of anilines is 6. The van der Waals surface area contributed by atoms with Crippen LogP contribution in [0, 0.1) is 21.0 Å². The van der Waals surface area contributed by atoms with Crippen LogP contribution in [0.1, 0.15) is 28.1 Å². The maximum atomic E-state index is 17.7. The summed E-state index contributed by atoms with van der Waals surface area (Å²) < 4.78 is 84.2. The molecule has 0 bridgehead atoms. The molecule has 1 aromatic heterocycles. The Balaban J connectivity index is 1.04. The molecule has 7 aromatic carbocycles. The summed E-state index contributed by atoms with van der Waals surface area (Å²) >= 11 is 3.96. The molecule has 0 spiro atoms. The van der Waals surface area contributed by atoms with Gasteiger partial charge in [-0.1, -0.05) is 103 Å². The van der Waals surface area contributed by atoms with Gasteiger partial charge in [-0.2, -0.15) is 0 Å². The lowest BCUT2D eigenvalue weighted by Crippen LogP contribution is -2.51. The Morgan fingerprint density at radius 1 is 0.493 bits per heavy atom. The molecular weight excluding hydrogens is 1080 g/mol. The van der Waals surface area contributed by atoms with Crippen LogP contribution < -0.4 is 9.80 Å². The van der Waals surface area contributed by atoms with E-state index in [1.165, 1.54) is 12.1 Å². The normalized spacial score (nSPS) is 14.2. The summed E-state index contributed by atoms with van der Waals surface area (Å²) in [6, 6.07) is 58.0. The zero-order chi connectivity index (χ0) is 46.2. The first-order valence-corrected chi connectivity index (χ1v) is 23.5. The van der Waals surface area contributed by atoms with Crippen molar-refractivity contribution in [2.75, 3.05) is 9.80 Å². The lowest BCUT2D eigenvalue weighted by atomic mass is 9.85. The van der Waals surface area contributed by atoms with Crippen LogP contribution in [0.4, 0.5) is 55.9 Å². The minimum Gasteiger partial charge on any atom is -0.389 e. The molecule has 328 valence electrons. The minimum absolute atomic E-state index is 0.0934. The molecule has 0 amide bonds. The number of fused-ring (bicyclic) bond motifs is 2. The quantitative estimate of drug-likeness (QED) is 0.0728. The molecule has 12 heteroatoms. The monoisotopic (exact) mass is 1110 g/mol. The van der Waals surface area contributed by atoms with E-state index in [0.29, 0.717) is 19.3 Å².